The maximum Gasteiger partial charge on any atom is 0.223 e. The third-order valence-corrected chi connectivity index (χ3v) is 3.77. The molecule has 0 aromatic rings. The summed E-state index contributed by atoms with van der Waals surface area (Å²) in [4.78, 5) is 11.7. The van der Waals surface area contributed by atoms with Crippen LogP contribution in [0.2, 0.25) is 0 Å². The first-order chi connectivity index (χ1) is 6.86. The highest BCUT2D eigenvalue weighted by atomic mass is 16.1. The van der Waals surface area contributed by atoms with E-state index in [-0.39, 0.29) is 0 Å². The van der Waals surface area contributed by atoms with Crippen molar-refractivity contribution in [3.8, 4) is 0 Å². The second-order valence-electron chi connectivity index (χ2n) is 4.88. The number of hydrogen-bond acceptors (Lipinski definition) is 1. The molecule has 0 unspecified atom stereocenters. The Hall–Kier alpha value is -0.530. The Kier molecular flexibility index (Phi) is 3.44. The molecule has 2 nitrogen and oxygen atoms in total. The van der Waals surface area contributed by atoms with Crippen molar-refractivity contribution in [1.82, 2.24) is 5.32 Å². The number of carbonyl (C=O) groups is 1. The first-order valence-electron chi connectivity index (χ1n) is 6.14. The average molecular weight is 195 g/mol. The summed E-state index contributed by atoms with van der Waals surface area (Å²) in [6.07, 6.45) is 10.1. The molecule has 0 aliphatic heterocycles. The van der Waals surface area contributed by atoms with Crippen molar-refractivity contribution in [2.24, 2.45) is 11.8 Å². The van der Waals surface area contributed by atoms with Gasteiger partial charge >= 0.3 is 0 Å². The van der Waals surface area contributed by atoms with E-state index < -0.39 is 0 Å². The molecule has 2 heteroatoms. The predicted octanol–water partition coefficient (Wildman–Crippen LogP) is 2.48. The monoisotopic (exact) mass is 195 g/mol. The molecule has 2 aliphatic carbocycles. The summed E-state index contributed by atoms with van der Waals surface area (Å²) in [7, 11) is 0. The van der Waals surface area contributed by atoms with Crippen LogP contribution in [0.25, 0.3) is 0 Å². The zero-order chi connectivity index (χ0) is 9.80. The number of amides is 1. The minimum absolute atomic E-state index is 0.328. The molecule has 0 bridgehead atoms. The second-order valence-corrected chi connectivity index (χ2v) is 4.88. The largest absolute Gasteiger partial charge is 0.356 e. The Labute approximate surface area is 86.5 Å². The van der Waals surface area contributed by atoms with Gasteiger partial charge in [0.2, 0.25) is 5.91 Å². The Balaban J connectivity index is 1.66. The molecule has 2 saturated carbocycles. The number of hydrogen-bond donors (Lipinski definition) is 1. The van der Waals surface area contributed by atoms with Gasteiger partial charge in [0.25, 0.3) is 0 Å². The van der Waals surface area contributed by atoms with Crippen LogP contribution in [0.3, 0.4) is 0 Å². The van der Waals surface area contributed by atoms with Crippen molar-refractivity contribution >= 4 is 5.91 Å². The van der Waals surface area contributed by atoms with E-state index in [9.17, 15) is 4.79 Å². The molecule has 2 fully saturated rings. The maximum absolute atomic E-state index is 11.7. The second kappa shape index (κ2) is 4.81. The lowest BCUT2D eigenvalue weighted by molar-refractivity contribution is -0.124. The lowest BCUT2D eigenvalue weighted by Crippen LogP contribution is -2.32. The van der Waals surface area contributed by atoms with E-state index in [1.165, 1.54) is 38.5 Å². The van der Waals surface area contributed by atoms with Gasteiger partial charge in [-0.2, -0.15) is 0 Å². The van der Waals surface area contributed by atoms with Crippen LogP contribution in [0.4, 0.5) is 0 Å². The molecule has 14 heavy (non-hydrogen) atoms. The standard InChI is InChI=1S/C12H21NO/c14-12(11-7-3-4-8-11)13-9-10-5-1-2-6-10/h10-11H,1-9H2,(H,13,14). The van der Waals surface area contributed by atoms with E-state index in [0.29, 0.717) is 11.8 Å². The molecule has 0 aromatic heterocycles. The van der Waals surface area contributed by atoms with Crippen LogP contribution < -0.4 is 5.32 Å². The number of rotatable bonds is 3. The molecule has 0 aromatic carbocycles. The SMILES string of the molecule is O=C(NCC1CCCC1)C1CCCC1. The van der Waals surface area contributed by atoms with E-state index in [2.05, 4.69) is 5.32 Å². The molecule has 1 amide bonds. The van der Waals surface area contributed by atoms with Crippen molar-refractivity contribution < 1.29 is 4.79 Å². The summed E-state index contributed by atoms with van der Waals surface area (Å²) in [6.45, 7) is 0.940. The lowest BCUT2D eigenvalue weighted by atomic mass is 10.1. The van der Waals surface area contributed by atoms with Gasteiger partial charge in [-0.15, -0.1) is 0 Å². The first-order valence-corrected chi connectivity index (χ1v) is 6.14. The van der Waals surface area contributed by atoms with Crippen LogP contribution in [-0.2, 0) is 4.79 Å². The van der Waals surface area contributed by atoms with Crippen LogP contribution in [0, 0.1) is 11.8 Å². The van der Waals surface area contributed by atoms with E-state index in [1.807, 2.05) is 0 Å². The summed E-state index contributed by atoms with van der Waals surface area (Å²) in [6, 6.07) is 0. The summed E-state index contributed by atoms with van der Waals surface area (Å²) in [5.41, 5.74) is 0. The highest BCUT2D eigenvalue weighted by molar-refractivity contribution is 5.78. The fraction of sp³-hybridized carbons (Fsp3) is 0.917. The minimum atomic E-state index is 0.328. The fourth-order valence-corrected chi connectivity index (χ4v) is 2.79. The Morgan fingerprint density at radius 3 is 2.21 bits per heavy atom. The van der Waals surface area contributed by atoms with Gasteiger partial charge in [0.15, 0.2) is 0 Å². The molecule has 1 N–H and O–H groups in total. The van der Waals surface area contributed by atoms with Crippen molar-refractivity contribution in [1.29, 1.82) is 0 Å². The number of carbonyl (C=O) groups excluding carboxylic acids is 1. The van der Waals surface area contributed by atoms with Crippen molar-refractivity contribution in [2.45, 2.75) is 51.4 Å². The van der Waals surface area contributed by atoms with Crippen molar-refractivity contribution in [2.75, 3.05) is 6.54 Å². The summed E-state index contributed by atoms with van der Waals surface area (Å²) >= 11 is 0. The van der Waals surface area contributed by atoms with Gasteiger partial charge < -0.3 is 5.32 Å². The van der Waals surface area contributed by atoms with Crippen LogP contribution in [-0.4, -0.2) is 12.5 Å². The lowest BCUT2D eigenvalue weighted by Gasteiger charge is -2.13. The van der Waals surface area contributed by atoms with Gasteiger partial charge in [-0.25, -0.2) is 0 Å². The van der Waals surface area contributed by atoms with Gasteiger partial charge in [-0.3, -0.25) is 4.79 Å². The van der Waals surface area contributed by atoms with Crippen LogP contribution >= 0.6 is 0 Å². The molecule has 0 spiro atoms. The molecular formula is C12H21NO. The molecule has 80 valence electrons. The predicted molar refractivity (Wildman–Crippen MR) is 56.9 cm³/mol. The fourth-order valence-electron chi connectivity index (χ4n) is 2.79. The molecular weight excluding hydrogens is 174 g/mol. The van der Waals surface area contributed by atoms with Gasteiger partial charge in [-0.1, -0.05) is 25.7 Å². The Morgan fingerprint density at radius 2 is 1.57 bits per heavy atom. The van der Waals surface area contributed by atoms with E-state index in [1.54, 1.807) is 0 Å². The zero-order valence-electron chi connectivity index (χ0n) is 8.93. The maximum atomic E-state index is 11.7. The Bertz CT molecular complexity index is 190. The highest BCUT2D eigenvalue weighted by Gasteiger charge is 2.23. The quantitative estimate of drug-likeness (QED) is 0.736. The van der Waals surface area contributed by atoms with Crippen LogP contribution in [0.5, 0.6) is 0 Å². The normalized spacial score (nSPS) is 24.3. The van der Waals surface area contributed by atoms with E-state index in [0.717, 1.165) is 25.3 Å². The first kappa shape index (κ1) is 10.0. The summed E-state index contributed by atoms with van der Waals surface area (Å²) < 4.78 is 0. The van der Waals surface area contributed by atoms with Crippen molar-refractivity contribution in [3.05, 3.63) is 0 Å². The van der Waals surface area contributed by atoms with E-state index >= 15 is 0 Å². The van der Waals surface area contributed by atoms with Crippen LogP contribution in [0.15, 0.2) is 0 Å². The molecule has 0 atom stereocenters. The molecule has 0 saturated heterocycles. The van der Waals surface area contributed by atoms with Gasteiger partial charge in [0.05, 0.1) is 0 Å². The van der Waals surface area contributed by atoms with Crippen molar-refractivity contribution in [3.63, 3.8) is 0 Å². The van der Waals surface area contributed by atoms with Gasteiger partial charge in [0.1, 0.15) is 0 Å². The van der Waals surface area contributed by atoms with Crippen LogP contribution in [0.1, 0.15) is 51.4 Å². The summed E-state index contributed by atoms with van der Waals surface area (Å²) in [5.74, 6) is 1.45. The molecule has 0 heterocycles. The molecule has 2 aliphatic rings. The number of nitrogens with one attached hydrogen (secondary N) is 1. The topological polar surface area (TPSA) is 29.1 Å². The van der Waals surface area contributed by atoms with Gasteiger partial charge in [0, 0.05) is 12.5 Å². The van der Waals surface area contributed by atoms with Gasteiger partial charge in [-0.05, 0) is 31.6 Å². The Morgan fingerprint density at radius 1 is 1.00 bits per heavy atom. The minimum Gasteiger partial charge on any atom is -0.356 e. The average Bonchev–Trinajstić information content (AvgIpc) is 2.87. The molecule has 2 rings (SSSR count). The third kappa shape index (κ3) is 2.49. The van der Waals surface area contributed by atoms with E-state index in [4.69, 9.17) is 0 Å². The molecule has 0 radical (unpaired) electrons. The zero-order valence-corrected chi connectivity index (χ0v) is 8.93. The highest BCUT2D eigenvalue weighted by Crippen LogP contribution is 2.26. The smallest absolute Gasteiger partial charge is 0.223 e. The summed E-state index contributed by atoms with van der Waals surface area (Å²) in [5, 5.41) is 3.13. The third-order valence-electron chi connectivity index (χ3n) is 3.77.